The molecule has 1 saturated carbocycles. The maximum atomic E-state index is 12.1. The Balaban J connectivity index is 2.19. The average Bonchev–Trinajstić information content (AvgIpc) is 3.09. The van der Waals surface area contributed by atoms with Crippen LogP contribution in [0.1, 0.15) is 36.7 Å². The number of amides is 1. The lowest BCUT2D eigenvalue weighted by molar-refractivity contribution is 0.0734. The molecule has 0 unspecified atom stereocenters. The molecule has 1 heterocycles. The summed E-state index contributed by atoms with van der Waals surface area (Å²) in [6.45, 7) is 2.78. The number of hydrogen-bond acceptors (Lipinski definition) is 3. The first-order chi connectivity index (χ1) is 7.74. The van der Waals surface area contributed by atoms with E-state index in [2.05, 4.69) is 4.98 Å². The van der Waals surface area contributed by atoms with Crippen molar-refractivity contribution in [2.75, 3.05) is 6.54 Å². The number of aromatic hydroxyl groups is 1. The molecule has 0 aliphatic heterocycles. The number of aromatic nitrogens is 1. The molecule has 4 nitrogen and oxygen atoms in total. The van der Waals surface area contributed by atoms with Crippen LogP contribution < -0.4 is 0 Å². The monoisotopic (exact) mass is 220 g/mol. The highest BCUT2D eigenvalue weighted by Crippen LogP contribution is 2.29. The summed E-state index contributed by atoms with van der Waals surface area (Å²) in [5, 5.41) is 9.59. The van der Waals surface area contributed by atoms with Gasteiger partial charge < -0.3 is 10.0 Å². The number of hydrogen-bond donors (Lipinski definition) is 1. The highest BCUT2D eigenvalue weighted by atomic mass is 16.3. The summed E-state index contributed by atoms with van der Waals surface area (Å²) in [5.41, 5.74) is 0.169. The quantitative estimate of drug-likeness (QED) is 0.841. The summed E-state index contributed by atoms with van der Waals surface area (Å²) in [6.07, 6.45) is 4.60. The molecule has 4 heteroatoms. The molecule has 1 aliphatic carbocycles. The molecule has 1 aromatic heterocycles. The van der Waals surface area contributed by atoms with Crippen molar-refractivity contribution in [3.8, 4) is 5.75 Å². The predicted molar refractivity (Wildman–Crippen MR) is 60.3 cm³/mol. The zero-order chi connectivity index (χ0) is 11.5. The second kappa shape index (κ2) is 4.51. The molecule has 16 heavy (non-hydrogen) atoms. The van der Waals surface area contributed by atoms with Gasteiger partial charge in [-0.1, -0.05) is 6.92 Å². The maximum absolute atomic E-state index is 12.1. The second-order valence-electron chi connectivity index (χ2n) is 4.10. The van der Waals surface area contributed by atoms with Gasteiger partial charge in [-0.3, -0.25) is 4.79 Å². The van der Waals surface area contributed by atoms with Gasteiger partial charge >= 0.3 is 0 Å². The van der Waals surface area contributed by atoms with Crippen molar-refractivity contribution in [2.45, 2.75) is 32.2 Å². The van der Waals surface area contributed by atoms with E-state index in [1.54, 1.807) is 6.07 Å². The molecule has 1 fully saturated rings. The molecule has 0 atom stereocenters. The zero-order valence-electron chi connectivity index (χ0n) is 9.39. The van der Waals surface area contributed by atoms with Gasteiger partial charge in [0.25, 0.3) is 5.91 Å². The summed E-state index contributed by atoms with van der Waals surface area (Å²) < 4.78 is 0. The highest BCUT2D eigenvalue weighted by molar-refractivity contribution is 5.95. The van der Waals surface area contributed by atoms with Crippen molar-refractivity contribution in [2.24, 2.45) is 0 Å². The lowest BCUT2D eigenvalue weighted by atomic mass is 10.2. The fourth-order valence-corrected chi connectivity index (χ4v) is 1.77. The number of nitrogens with zero attached hydrogens (tertiary/aromatic N) is 2. The van der Waals surface area contributed by atoms with Crippen LogP contribution in [0, 0.1) is 0 Å². The van der Waals surface area contributed by atoms with E-state index in [-0.39, 0.29) is 17.4 Å². The Morgan fingerprint density at radius 3 is 2.94 bits per heavy atom. The van der Waals surface area contributed by atoms with E-state index < -0.39 is 0 Å². The first kappa shape index (κ1) is 10.9. The third-order valence-electron chi connectivity index (χ3n) is 2.70. The predicted octanol–water partition coefficient (Wildman–Crippen LogP) is 1.80. The van der Waals surface area contributed by atoms with Crippen LogP contribution in [0.5, 0.6) is 5.75 Å². The van der Waals surface area contributed by atoms with E-state index in [1.807, 2.05) is 11.8 Å². The van der Waals surface area contributed by atoms with Crippen molar-refractivity contribution < 1.29 is 9.90 Å². The van der Waals surface area contributed by atoms with Crippen LogP contribution in [-0.2, 0) is 0 Å². The standard InChI is InChI=1S/C12H16N2O2/c1-2-8-14(9-5-6-9)12(16)11-10(15)4-3-7-13-11/h3-4,7,9,15H,2,5-6,8H2,1H3. The molecule has 86 valence electrons. The molecule has 0 saturated heterocycles. The fraction of sp³-hybridized carbons (Fsp3) is 0.500. The fourth-order valence-electron chi connectivity index (χ4n) is 1.77. The van der Waals surface area contributed by atoms with Crippen molar-refractivity contribution in [1.29, 1.82) is 0 Å². The molecule has 0 aromatic carbocycles. The van der Waals surface area contributed by atoms with Gasteiger partial charge in [-0.15, -0.1) is 0 Å². The van der Waals surface area contributed by atoms with E-state index in [9.17, 15) is 9.90 Å². The van der Waals surface area contributed by atoms with Gasteiger partial charge in [0.2, 0.25) is 0 Å². The summed E-state index contributed by atoms with van der Waals surface area (Å²) in [6, 6.07) is 3.47. The Hall–Kier alpha value is -1.58. The second-order valence-corrected chi connectivity index (χ2v) is 4.10. The van der Waals surface area contributed by atoms with Crippen molar-refractivity contribution in [3.63, 3.8) is 0 Å². The molecule has 0 spiro atoms. The molecule has 1 aromatic rings. The van der Waals surface area contributed by atoms with Crippen LogP contribution >= 0.6 is 0 Å². The van der Waals surface area contributed by atoms with Crippen LogP contribution in [0.15, 0.2) is 18.3 Å². The minimum Gasteiger partial charge on any atom is -0.505 e. The van der Waals surface area contributed by atoms with Crippen LogP contribution in [0.2, 0.25) is 0 Å². The lowest BCUT2D eigenvalue weighted by Crippen LogP contribution is -2.34. The maximum Gasteiger partial charge on any atom is 0.276 e. The van der Waals surface area contributed by atoms with Gasteiger partial charge in [0.15, 0.2) is 5.69 Å². The van der Waals surface area contributed by atoms with E-state index >= 15 is 0 Å². The van der Waals surface area contributed by atoms with E-state index in [1.165, 1.54) is 12.3 Å². The summed E-state index contributed by atoms with van der Waals surface area (Å²) in [7, 11) is 0. The third-order valence-corrected chi connectivity index (χ3v) is 2.70. The first-order valence-electron chi connectivity index (χ1n) is 5.69. The molecular weight excluding hydrogens is 204 g/mol. The lowest BCUT2D eigenvalue weighted by Gasteiger charge is -2.21. The molecule has 1 aliphatic rings. The Morgan fingerprint density at radius 1 is 1.62 bits per heavy atom. The zero-order valence-corrected chi connectivity index (χ0v) is 9.39. The number of pyridine rings is 1. The minimum absolute atomic E-state index is 0.0331. The van der Waals surface area contributed by atoms with Gasteiger partial charge in [0, 0.05) is 18.8 Å². The molecule has 2 rings (SSSR count). The van der Waals surface area contributed by atoms with E-state index in [4.69, 9.17) is 0 Å². The van der Waals surface area contributed by atoms with Crippen LogP contribution in [0.25, 0.3) is 0 Å². The highest BCUT2D eigenvalue weighted by Gasteiger charge is 2.33. The summed E-state index contributed by atoms with van der Waals surface area (Å²) in [5.74, 6) is -0.184. The van der Waals surface area contributed by atoms with Gasteiger partial charge in [-0.05, 0) is 31.4 Å². The van der Waals surface area contributed by atoms with Crippen LogP contribution in [-0.4, -0.2) is 33.5 Å². The van der Waals surface area contributed by atoms with Crippen LogP contribution in [0.3, 0.4) is 0 Å². The average molecular weight is 220 g/mol. The molecule has 1 amide bonds. The Kier molecular flexibility index (Phi) is 3.08. The Bertz CT molecular complexity index is 388. The molecule has 1 N–H and O–H groups in total. The summed E-state index contributed by atoms with van der Waals surface area (Å²) >= 11 is 0. The number of carbonyl (C=O) groups is 1. The Morgan fingerprint density at radius 2 is 2.38 bits per heavy atom. The SMILES string of the molecule is CCCN(C(=O)c1ncccc1O)C1CC1. The van der Waals surface area contributed by atoms with Gasteiger partial charge in [0.1, 0.15) is 5.75 Å². The number of rotatable bonds is 4. The molecular formula is C12H16N2O2. The Labute approximate surface area is 94.9 Å². The van der Waals surface area contributed by atoms with Crippen LogP contribution in [0.4, 0.5) is 0 Å². The van der Waals surface area contributed by atoms with Crippen molar-refractivity contribution in [3.05, 3.63) is 24.0 Å². The molecule has 0 bridgehead atoms. The van der Waals surface area contributed by atoms with Crippen molar-refractivity contribution >= 4 is 5.91 Å². The van der Waals surface area contributed by atoms with Gasteiger partial charge in [-0.2, -0.15) is 0 Å². The summed E-state index contributed by atoms with van der Waals surface area (Å²) in [4.78, 5) is 17.9. The largest absolute Gasteiger partial charge is 0.505 e. The number of carbonyl (C=O) groups excluding carboxylic acids is 1. The first-order valence-corrected chi connectivity index (χ1v) is 5.69. The minimum atomic E-state index is -0.151. The smallest absolute Gasteiger partial charge is 0.276 e. The van der Waals surface area contributed by atoms with Gasteiger partial charge in [-0.25, -0.2) is 4.98 Å². The van der Waals surface area contributed by atoms with E-state index in [0.29, 0.717) is 6.04 Å². The molecule has 0 radical (unpaired) electrons. The van der Waals surface area contributed by atoms with Crippen molar-refractivity contribution in [1.82, 2.24) is 9.88 Å². The normalized spacial score (nSPS) is 14.8. The van der Waals surface area contributed by atoms with Gasteiger partial charge in [0.05, 0.1) is 0 Å². The third kappa shape index (κ3) is 2.15. The van der Waals surface area contributed by atoms with E-state index in [0.717, 1.165) is 25.8 Å². The topological polar surface area (TPSA) is 53.4 Å².